The highest BCUT2D eigenvalue weighted by atomic mass is 35.5. The van der Waals surface area contributed by atoms with Crippen LogP contribution in [0.15, 0.2) is 18.2 Å². The van der Waals surface area contributed by atoms with E-state index in [1.165, 1.54) is 0 Å². The summed E-state index contributed by atoms with van der Waals surface area (Å²) in [4.78, 5) is 0. The van der Waals surface area contributed by atoms with E-state index in [2.05, 4.69) is 5.32 Å². The van der Waals surface area contributed by atoms with E-state index in [0.29, 0.717) is 5.56 Å². The predicted octanol–water partition coefficient (Wildman–Crippen LogP) is 2.76. The zero-order chi connectivity index (χ0) is 9.14. The van der Waals surface area contributed by atoms with Gasteiger partial charge in [-0.25, -0.2) is 4.39 Å². The van der Waals surface area contributed by atoms with Crippen LogP contribution in [0.2, 0.25) is 5.02 Å². The second-order valence-electron chi connectivity index (χ2n) is 2.65. The molecule has 1 atom stereocenters. The van der Waals surface area contributed by atoms with Gasteiger partial charge in [0, 0.05) is 11.6 Å². The molecule has 1 aromatic rings. The predicted molar refractivity (Wildman–Crippen MR) is 48.9 cm³/mol. The molecule has 0 heterocycles. The van der Waals surface area contributed by atoms with Gasteiger partial charge in [0.2, 0.25) is 0 Å². The molecule has 0 bridgehead atoms. The van der Waals surface area contributed by atoms with Crippen molar-refractivity contribution < 1.29 is 4.39 Å². The molecule has 12 heavy (non-hydrogen) atoms. The molecule has 0 aromatic heterocycles. The zero-order valence-corrected chi connectivity index (χ0v) is 7.82. The first kappa shape index (κ1) is 9.49. The van der Waals surface area contributed by atoms with Gasteiger partial charge in [0.05, 0.1) is 5.02 Å². The Balaban J connectivity index is 3.07. The van der Waals surface area contributed by atoms with E-state index in [1.807, 2.05) is 6.92 Å². The van der Waals surface area contributed by atoms with Crippen LogP contribution in [0.25, 0.3) is 0 Å². The first-order chi connectivity index (χ1) is 5.66. The molecule has 3 heteroatoms. The minimum Gasteiger partial charge on any atom is -0.313 e. The topological polar surface area (TPSA) is 12.0 Å². The smallest absolute Gasteiger partial charge is 0.146 e. The molecule has 1 nitrogen and oxygen atoms in total. The average Bonchev–Trinajstić information content (AvgIpc) is 2.08. The maximum absolute atomic E-state index is 13.3. The van der Waals surface area contributed by atoms with Gasteiger partial charge in [-0.05, 0) is 20.0 Å². The normalized spacial score (nSPS) is 13.0. The third-order valence-corrected chi connectivity index (χ3v) is 2.17. The molecule has 0 fully saturated rings. The van der Waals surface area contributed by atoms with Gasteiger partial charge in [0.25, 0.3) is 0 Å². The molecule has 1 rings (SSSR count). The lowest BCUT2D eigenvalue weighted by Gasteiger charge is -2.11. The van der Waals surface area contributed by atoms with Gasteiger partial charge in [-0.15, -0.1) is 0 Å². The summed E-state index contributed by atoms with van der Waals surface area (Å²) in [5, 5.41) is 3.13. The second kappa shape index (κ2) is 3.87. The van der Waals surface area contributed by atoms with Gasteiger partial charge in [-0.3, -0.25) is 0 Å². The van der Waals surface area contributed by atoms with Crippen molar-refractivity contribution in [3.05, 3.63) is 34.6 Å². The summed E-state index contributed by atoms with van der Waals surface area (Å²) in [6, 6.07) is 5.00. The standard InChI is InChI=1S/C9H11ClFN/c1-6(12-2)7-4-3-5-8(10)9(7)11/h3-6,12H,1-2H3. The number of rotatable bonds is 2. The van der Waals surface area contributed by atoms with Crippen LogP contribution in [0.3, 0.4) is 0 Å². The van der Waals surface area contributed by atoms with Crippen LogP contribution in [-0.4, -0.2) is 7.05 Å². The molecule has 0 aliphatic heterocycles. The van der Waals surface area contributed by atoms with Crippen LogP contribution in [0.1, 0.15) is 18.5 Å². The van der Waals surface area contributed by atoms with Crippen molar-refractivity contribution in [3.8, 4) is 0 Å². The molecule has 1 N–H and O–H groups in total. The summed E-state index contributed by atoms with van der Waals surface area (Å²) in [5.74, 6) is -0.332. The monoisotopic (exact) mass is 187 g/mol. The van der Waals surface area contributed by atoms with Gasteiger partial charge in [-0.1, -0.05) is 23.7 Å². The van der Waals surface area contributed by atoms with Crippen LogP contribution in [0.5, 0.6) is 0 Å². The quantitative estimate of drug-likeness (QED) is 0.751. The number of nitrogens with one attached hydrogen (secondary N) is 1. The minimum atomic E-state index is -0.332. The summed E-state index contributed by atoms with van der Waals surface area (Å²) in [6.07, 6.45) is 0. The molecular weight excluding hydrogens is 177 g/mol. The van der Waals surface area contributed by atoms with E-state index in [4.69, 9.17) is 11.6 Å². The first-order valence-electron chi connectivity index (χ1n) is 3.78. The summed E-state index contributed by atoms with van der Waals surface area (Å²) in [7, 11) is 1.78. The highest BCUT2D eigenvalue weighted by Gasteiger charge is 2.10. The Morgan fingerprint density at radius 3 is 2.75 bits per heavy atom. The van der Waals surface area contributed by atoms with Crippen molar-refractivity contribution >= 4 is 11.6 Å². The van der Waals surface area contributed by atoms with Crippen molar-refractivity contribution in [2.75, 3.05) is 7.05 Å². The zero-order valence-electron chi connectivity index (χ0n) is 7.07. The van der Waals surface area contributed by atoms with Crippen molar-refractivity contribution in [2.45, 2.75) is 13.0 Å². The Morgan fingerprint density at radius 1 is 1.50 bits per heavy atom. The van der Waals surface area contributed by atoms with Crippen LogP contribution in [-0.2, 0) is 0 Å². The van der Waals surface area contributed by atoms with Crippen molar-refractivity contribution in [1.29, 1.82) is 0 Å². The lowest BCUT2D eigenvalue weighted by Crippen LogP contribution is -2.13. The lowest BCUT2D eigenvalue weighted by molar-refractivity contribution is 0.562. The number of benzene rings is 1. The van der Waals surface area contributed by atoms with Crippen LogP contribution in [0, 0.1) is 5.82 Å². The van der Waals surface area contributed by atoms with E-state index < -0.39 is 0 Å². The lowest BCUT2D eigenvalue weighted by atomic mass is 10.1. The maximum atomic E-state index is 13.3. The largest absolute Gasteiger partial charge is 0.313 e. The van der Waals surface area contributed by atoms with Crippen LogP contribution in [0.4, 0.5) is 4.39 Å². The fraction of sp³-hybridized carbons (Fsp3) is 0.333. The molecule has 0 saturated carbocycles. The third kappa shape index (κ3) is 1.76. The van der Waals surface area contributed by atoms with Crippen molar-refractivity contribution in [1.82, 2.24) is 5.32 Å². The molecule has 0 aliphatic rings. The summed E-state index contributed by atoms with van der Waals surface area (Å²) in [6.45, 7) is 1.88. The Kier molecular flexibility index (Phi) is 3.06. The van der Waals surface area contributed by atoms with Crippen LogP contribution < -0.4 is 5.32 Å². The summed E-state index contributed by atoms with van der Waals surface area (Å²) >= 11 is 5.61. The molecule has 0 spiro atoms. The number of halogens is 2. The Labute approximate surface area is 76.5 Å². The second-order valence-corrected chi connectivity index (χ2v) is 3.06. The van der Waals surface area contributed by atoms with E-state index >= 15 is 0 Å². The third-order valence-electron chi connectivity index (χ3n) is 1.88. The maximum Gasteiger partial charge on any atom is 0.146 e. The Bertz CT molecular complexity index is 275. The molecule has 66 valence electrons. The first-order valence-corrected chi connectivity index (χ1v) is 4.15. The highest BCUT2D eigenvalue weighted by molar-refractivity contribution is 6.30. The van der Waals surface area contributed by atoms with Gasteiger partial charge < -0.3 is 5.32 Å². The van der Waals surface area contributed by atoms with Gasteiger partial charge in [0.1, 0.15) is 5.82 Å². The van der Waals surface area contributed by atoms with E-state index in [0.717, 1.165) is 0 Å². The fourth-order valence-electron chi connectivity index (χ4n) is 1.01. The minimum absolute atomic E-state index is 0.0105. The molecule has 1 unspecified atom stereocenters. The van der Waals surface area contributed by atoms with Crippen LogP contribution >= 0.6 is 11.6 Å². The number of hydrogen-bond donors (Lipinski definition) is 1. The summed E-state index contributed by atoms with van der Waals surface area (Å²) in [5.41, 5.74) is 0.602. The van der Waals surface area contributed by atoms with Crippen molar-refractivity contribution in [3.63, 3.8) is 0 Å². The average molecular weight is 188 g/mol. The Morgan fingerprint density at radius 2 is 2.17 bits per heavy atom. The van der Waals surface area contributed by atoms with Crippen molar-refractivity contribution in [2.24, 2.45) is 0 Å². The molecule has 1 aromatic carbocycles. The molecule has 0 saturated heterocycles. The molecule has 0 aliphatic carbocycles. The SMILES string of the molecule is CNC(C)c1cccc(Cl)c1F. The molecule has 0 radical (unpaired) electrons. The number of hydrogen-bond acceptors (Lipinski definition) is 1. The van der Waals surface area contributed by atoms with Gasteiger partial charge in [0.15, 0.2) is 0 Å². The van der Waals surface area contributed by atoms with E-state index in [-0.39, 0.29) is 16.9 Å². The van der Waals surface area contributed by atoms with E-state index in [9.17, 15) is 4.39 Å². The molecular formula is C9H11ClFN. The fourth-order valence-corrected chi connectivity index (χ4v) is 1.19. The summed E-state index contributed by atoms with van der Waals surface area (Å²) < 4.78 is 13.3. The van der Waals surface area contributed by atoms with Gasteiger partial charge >= 0.3 is 0 Å². The molecule has 0 amide bonds. The highest BCUT2D eigenvalue weighted by Crippen LogP contribution is 2.22. The Hall–Kier alpha value is -0.600. The van der Waals surface area contributed by atoms with E-state index in [1.54, 1.807) is 25.2 Å². The van der Waals surface area contributed by atoms with Gasteiger partial charge in [-0.2, -0.15) is 0 Å².